The maximum Gasteiger partial charge on any atom is 0.435 e. The van der Waals surface area contributed by atoms with Gasteiger partial charge in [0, 0.05) is 18.0 Å². The van der Waals surface area contributed by atoms with E-state index in [4.69, 9.17) is 4.74 Å². The van der Waals surface area contributed by atoms with Gasteiger partial charge in [0.2, 0.25) is 0 Å². The third-order valence-electron chi connectivity index (χ3n) is 3.92. The Hall–Kier alpha value is -3.61. The Balaban J connectivity index is 2.00. The Morgan fingerprint density at radius 2 is 1.72 bits per heavy atom. The van der Waals surface area contributed by atoms with Crippen LogP contribution < -0.4 is 10.1 Å². The van der Waals surface area contributed by atoms with Crippen LogP contribution in [0.25, 0.3) is 0 Å². The third kappa shape index (κ3) is 5.35. The third-order valence-corrected chi connectivity index (χ3v) is 5.03. The molecule has 3 aromatic rings. The minimum absolute atomic E-state index is 0.0397. The summed E-state index contributed by atoms with van der Waals surface area (Å²) in [7, 11) is -3.62. The molecule has 0 spiro atoms. The standard InChI is InChI=1S/C19H12F5N3O4S/c1-32(29,30)12-4-2-3-10(7-12)25-17(28)13-9-16(19(22,23)24)26-27-18(13)31-11-5-6-14(20)15(21)8-11/h2-9H,1H3,(H,25,28). The summed E-state index contributed by atoms with van der Waals surface area (Å²) >= 11 is 0. The summed E-state index contributed by atoms with van der Waals surface area (Å²) < 4.78 is 94.2. The smallest absolute Gasteiger partial charge is 0.435 e. The molecule has 1 aromatic heterocycles. The van der Waals surface area contributed by atoms with Crippen LogP contribution >= 0.6 is 0 Å². The number of sulfone groups is 1. The minimum Gasteiger partial charge on any atom is -0.437 e. The van der Waals surface area contributed by atoms with E-state index in [1.165, 1.54) is 18.2 Å². The van der Waals surface area contributed by atoms with Gasteiger partial charge in [-0.25, -0.2) is 17.2 Å². The lowest BCUT2D eigenvalue weighted by Gasteiger charge is -2.13. The first-order chi connectivity index (χ1) is 14.8. The monoisotopic (exact) mass is 473 g/mol. The molecular weight excluding hydrogens is 461 g/mol. The van der Waals surface area contributed by atoms with E-state index in [1.807, 2.05) is 0 Å². The molecule has 0 saturated carbocycles. The fourth-order valence-electron chi connectivity index (χ4n) is 2.41. The Bertz CT molecular complexity index is 1300. The van der Waals surface area contributed by atoms with Crippen molar-refractivity contribution in [2.45, 2.75) is 11.1 Å². The molecule has 1 N–H and O–H groups in total. The van der Waals surface area contributed by atoms with E-state index >= 15 is 0 Å². The molecule has 168 valence electrons. The highest BCUT2D eigenvalue weighted by atomic mass is 32.2. The van der Waals surface area contributed by atoms with Crippen molar-refractivity contribution in [1.29, 1.82) is 0 Å². The molecule has 0 aliphatic heterocycles. The summed E-state index contributed by atoms with van der Waals surface area (Å²) in [6.45, 7) is 0. The molecule has 7 nitrogen and oxygen atoms in total. The van der Waals surface area contributed by atoms with E-state index in [0.717, 1.165) is 18.4 Å². The lowest BCUT2D eigenvalue weighted by atomic mass is 10.2. The zero-order valence-corrected chi connectivity index (χ0v) is 16.8. The Morgan fingerprint density at radius 3 is 2.34 bits per heavy atom. The molecular formula is C19H12F5N3O4S. The molecule has 0 atom stereocenters. The number of nitrogens with one attached hydrogen (secondary N) is 1. The van der Waals surface area contributed by atoms with Gasteiger partial charge in [0.25, 0.3) is 11.8 Å². The predicted octanol–water partition coefficient (Wildman–Crippen LogP) is 4.22. The molecule has 0 aliphatic rings. The Morgan fingerprint density at radius 1 is 1.00 bits per heavy atom. The first kappa shape index (κ1) is 23.1. The van der Waals surface area contributed by atoms with Crippen LogP contribution in [-0.2, 0) is 16.0 Å². The SMILES string of the molecule is CS(=O)(=O)c1cccc(NC(=O)c2cc(C(F)(F)F)nnc2Oc2ccc(F)c(F)c2)c1. The highest BCUT2D eigenvalue weighted by Crippen LogP contribution is 2.31. The van der Waals surface area contributed by atoms with Gasteiger partial charge in [0.15, 0.2) is 27.2 Å². The fraction of sp³-hybridized carbons (Fsp3) is 0.105. The average molecular weight is 473 g/mol. The summed E-state index contributed by atoms with van der Waals surface area (Å²) in [6.07, 6.45) is -4.01. The molecule has 13 heteroatoms. The number of ether oxygens (including phenoxy) is 1. The summed E-state index contributed by atoms with van der Waals surface area (Å²) in [5.74, 6) is -4.72. The van der Waals surface area contributed by atoms with Gasteiger partial charge in [-0.1, -0.05) is 6.07 Å². The average Bonchev–Trinajstić information content (AvgIpc) is 2.70. The predicted molar refractivity (Wildman–Crippen MR) is 101 cm³/mol. The van der Waals surface area contributed by atoms with Crippen LogP contribution in [0.4, 0.5) is 27.6 Å². The Labute approximate surface area is 177 Å². The van der Waals surface area contributed by atoms with Gasteiger partial charge in [-0.3, -0.25) is 4.79 Å². The highest BCUT2D eigenvalue weighted by molar-refractivity contribution is 7.90. The molecule has 0 bridgehead atoms. The molecule has 0 radical (unpaired) electrons. The van der Waals surface area contributed by atoms with Crippen molar-refractivity contribution in [3.05, 3.63) is 71.4 Å². The quantitative estimate of drug-likeness (QED) is 0.558. The first-order valence-corrected chi connectivity index (χ1v) is 10.4. The number of alkyl halides is 3. The van der Waals surface area contributed by atoms with Crippen LogP contribution in [0.5, 0.6) is 11.6 Å². The maximum atomic E-state index is 13.4. The number of anilines is 1. The number of benzene rings is 2. The lowest BCUT2D eigenvalue weighted by Crippen LogP contribution is -2.18. The number of rotatable bonds is 5. The highest BCUT2D eigenvalue weighted by Gasteiger charge is 2.35. The molecule has 0 fully saturated rings. The van der Waals surface area contributed by atoms with Gasteiger partial charge < -0.3 is 10.1 Å². The maximum absolute atomic E-state index is 13.4. The molecule has 0 aliphatic carbocycles. The van der Waals surface area contributed by atoms with Gasteiger partial charge in [-0.05, 0) is 36.4 Å². The molecule has 0 saturated heterocycles. The van der Waals surface area contributed by atoms with Crippen LogP contribution in [0, 0.1) is 11.6 Å². The molecule has 1 heterocycles. The lowest BCUT2D eigenvalue weighted by molar-refractivity contribution is -0.141. The number of amides is 1. The second-order valence-electron chi connectivity index (χ2n) is 6.38. The largest absolute Gasteiger partial charge is 0.437 e. The summed E-state index contributed by atoms with van der Waals surface area (Å²) in [5, 5.41) is 8.45. The summed E-state index contributed by atoms with van der Waals surface area (Å²) in [5.41, 5.74) is -2.28. The van der Waals surface area contributed by atoms with Gasteiger partial charge >= 0.3 is 6.18 Å². The van der Waals surface area contributed by atoms with E-state index < -0.39 is 50.7 Å². The molecule has 0 unspecified atom stereocenters. The number of nitrogens with zero attached hydrogens (tertiary/aromatic N) is 2. The topological polar surface area (TPSA) is 98.2 Å². The van der Waals surface area contributed by atoms with Gasteiger partial charge in [-0.2, -0.15) is 13.2 Å². The number of aromatic nitrogens is 2. The molecule has 1 amide bonds. The van der Waals surface area contributed by atoms with E-state index in [0.29, 0.717) is 18.2 Å². The van der Waals surface area contributed by atoms with E-state index in [2.05, 4.69) is 15.5 Å². The number of carbonyl (C=O) groups is 1. The summed E-state index contributed by atoms with van der Waals surface area (Å²) in [4.78, 5) is 12.5. The second-order valence-corrected chi connectivity index (χ2v) is 8.39. The van der Waals surface area contributed by atoms with Crippen LogP contribution in [0.15, 0.2) is 53.4 Å². The van der Waals surface area contributed by atoms with Crippen molar-refractivity contribution in [3.63, 3.8) is 0 Å². The van der Waals surface area contributed by atoms with E-state index in [1.54, 1.807) is 0 Å². The fourth-order valence-corrected chi connectivity index (χ4v) is 3.08. The van der Waals surface area contributed by atoms with Crippen molar-refractivity contribution >= 4 is 21.4 Å². The van der Waals surface area contributed by atoms with Crippen LogP contribution in [0.1, 0.15) is 16.1 Å². The van der Waals surface area contributed by atoms with Crippen LogP contribution in [0.2, 0.25) is 0 Å². The van der Waals surface area contributed by atoms with Crippen LogP contribution in [0.3, 0.4) is 0 Å². The van der Waals surface area contributed by atoms with Gasteiger partial charge in [0.1, 0.15) is 11.3 Å². The zero-order chi connectivity index (χ0) is 23.7. The zero-order valence-electron chi connectivity index (χ0n) is 15.9. The second kappa shape index (κ2) is 8.49. The van der Waals surface area contributed by atoms with Gasteiger partial charge in [-0.15, -0.1) is 10.2 Å². The van der Waals surface area contributed by atoms with Crippen molar-refractivity contribution < 1.29 is 39.9 Å². The molecule has 2 aromatic carbocycles. The normalized spacial score (nSPS) is 11.8. The van der Waals surface area contributed by atoms with E-state index in [-0.39, 0.29) is 16.3 Å². The molecule has 3 rings (SSSR count). The van der Waals surface area contributed by atoms with Gasteiger partial charge in [0.05, 0.1) is 4.90 Å². The first-order valence-electron chi connectivity index (χ1n) is 8.54. The van der Waals surface area contributed by atoms with Crippen molar-refractivity contribution in [3.8, 4) is 11.6 Å². The van der Waals surface area contributed by atoms with Crippen LogP contribution in [-0.4, -0.2) is 30.8 Å². The minimum atomic E-state index is -4.95. The van der Waals surface area contributed by atoms with Crippen molar-refractivity contribution in [1.82, 2.24) is 10.2 Å². The van der Waals surface area contributed by atoms with Crippen molar-refractivity contribution in [2.75, 3.05) is 11.6 Å². The van der Waals surface area contributed by atoms with Crippen molar-refractivity contribution in [2.24, 2.45) is 0 Å². The number of hydrogen-bond donors (Lipinski definition) is 1. The van der Waals surface area contributed by atoms with E-state index in [9.17, 15) is 35.2 Å². The Kier molecular flexibility index (Phi) is 6.12. The number of halogens is 5. The summed E-state index contributed by atoms with van der Waals surface area (Å²) in [6, 6.07) is 7.62. The number of hydrogen-bond acceptors (Lipinski definition) is 6. The number of carbonyl (C=O) groups excluding carboxylic acids is 1. The molecule has 32 heavy (non-hydrogen) atoms.